The maximum atomic E-state index is 12.6. The summed E-state index contributed by atoms with van der Waals surface area (Å²) in [5.41, 5.74) is 1.20. The van der Waals surface area contributed by atoms with Crippen LogP contribution in [0.25, 0.3) is 0 Å². The van der Waals surface area contributed by atoms with E-state index in [4.69, 9.17) is 27.9 Å². The zero-order chi connectivity index (χ0) is 16.6. The van der Waals surface area contributed by atoms with Gasteiger partial charge in [0, 0.05) is 18.0 Å². The molecule has 1 fully saturated rings. The first-order chi connectivity index (χ1) is 11.0. The molecule has 120 valence electrons. The summed E-state index contributed by atoms with van der Waals surface area (Å²) in [7, 11) is 1.26. The Labute approximate surface area is 144 Å². The number of carbonyl (C=O) groups excluding carboxylic acids is 2. The van der Waals surface area contributed by atoms with E-state index >= 15 is 0 Å². The fourth-order valence-corrected chi connectivity index (χ4v) is 3.27. The molecule has 23 heavy (non-hydrogen) atoms. The molecule has 1 heterocycles. The molecule has 3 rings (SSSR count). The van der Waals surface area contributed by atoms with Crippen LogP contribution in [-0.4, -0.2) is 37.0 Å². The number of fused-ring (bicyclic) bond motifs is 1. The largest absolute Gasteiger partial charge is 0.465 e. The van der Waals surface area contributed by atoms with Gasteiger partial charge in [0.15, 0.2) is 0 Å². The highest BCUT2D eigenvalue weighted by molar-refractivity contribution is 6.40. The van der Waals surface area contributed by atoms with Crippen molar-refractivity contribution >= 4 is 35.1 Å². The van der Waals surface area contributed by atoms with Crippen LogP contribution < -0.4 is 0 Å². The van der Waals surface area contributed by atoms with Gasteiger partial charge in [-0.2, -0.15) is 0 Å². The lowest BCUT2D eigenvalue weighted by Gasteiger charge is -2.28. The lowest BCUT2D eigenvalue weighted by molar-refractivity contribution is 0.0599. The molecule has 0 bridgehead atoms. The molecule has 6 heteroatoms. The van der Waals surface area contributed by atoms with Crippen LogP contribution in [0.1, 0.15) is 39.1 Å². The van der Waals surface area contributed by atoms with E-state index in [9.17, 15) is 9.59 Å². The highest BCUT2D eigenvalue weighted by Crippen LogP contribution is 2.35. The van der Waals surface area contributed by atoms with Crippen molar-refractivity contribution in [2.45, 2.75) is 19.3 Å². The van der Waals surface area contributed by atoms with Crippen molar-refractivity contribution in [2.75, 3.05) is 20.2 Å². The number of rotatable bonds is 2. The third kappa shape index (κ3) is 3.17. The number of carbonyl (C=O) groups is 2. The molecule has 0 aromatic heterocycles. The maximum Gasteiger partial charge on any atom is 0.340 e. The van der Waals surface area contributed by atoms with E-state index in [0.29, 0.717) is 36.6 Å². The van der Waals surface area contributed by atoms with Gasteiger partial charge in [0.05, 0.1) is 29.3 Å². The summed E-state index contributed by atoms with van der Waals surface area (Å²) < 4.78 is 4.70. The van der Waals surface area contributed by atoms with Crippen LogP contribution in [0, 0.1) is 17.8 Å². The van der Waals surface area contributed by atoms with Gasteiger partial charge in [0.2, 0.25) is 0 Å². The first-order valence-corrected chi connectivity index (χ1v) is 8.15. The molecule has 1 aliphatic heterocycles. The number of benzene rings is 1. The predicted molar refractivity (Wildman–Crippen MR) is 87.9 cm³/mol. The van der Waals surface area contributed by atoms with Crippen LogP contribution in [0.5, 0.6) is 0 Å². The molecule has 2 aliphatic rings. The number of hydrogen-bond donors (Lipinski definition) is 0. The lowest BCUT2D eigenvalue weighted by atomic mass is 9.96. The molecule has 0 spiro atoms. The number of ether oxygens (including phenoxy) is 1. The third-order valence-electron chi connectivity index (χ3n) is 4.01. The molecular weight excluding hydrogens is 337 g/mol. The van der Waals surface area contributed by atoms with Crippen LogP contribution in [0.3, 0.4) is 0 Å². The fraction of sp³-hybridized carbons (Fsp3) is 0.412. The molecule has 1 aliphatic carbocycles. The van der Waals surface area contributed by atoms with Gasteiger partial charge in [0.25, 0.3) is 5.91 Å². The van der Waals surface area contributed by atoms with Gasteiger partial charge >= 0.3 is 5.97 Å². The number of methoxy groups -OCH3 is 1. The standard InChI is InChI=1S/C17H15Cl2NO3/c1-23-17(22)14-13(18)9-12-11(15(14)19)6-8-20(16(12)21)7-2-3-10-4-5-10/h9-10H,4-8H2,1H3. The zero-order valence-corrected chi connectivity index (χ0v) is 14.1. The molecule has 0 radical (unpaired) electrons. The smallest absolute Gasteiger partial charge is 0.340 e. The van der Waals surface area contributed by atoms with Gasteiger partial charge in [-0.1, -0.05) is 35.0 Å². The fourth-order valence-electron chi connectivity index (χ4n) is 2.57. The molecule has 0 unspecified atom stereocenters. The minimum absolute atomic E-state index is 0.115. The van der Waals surface area contributed by atoms with E-state index in [0.717, 1.165) is 12.8 Å². The van der Waals surface area contributed by atoms with Crippen LogP contribution in [0.15, 0.2) is 6.07 Å². The molecule has 0 N–H and O–H groups in total. The number of nitrogens with zero attached hydrogens (tertiary/aromatic N) is 1. The van der Waals surface area contributed by atoms with Gasteiger partial charge in [-0.3, -0.25) is 4.79 Å². The van der Waals surface area contributed by atoms with Crippen molar-refractivity contribution in [2.24, 2.45) is 5.92 Å². The Morgan fingerprint density at radius 2 is 2.17 bits per heavy atom. The summed E-state index contributed by atoms with van der Waals surface area (Å²) >= 11 is 12.4. The Hall–Kier alpha value is -1.70. The number of amides is 1. The van der Waals surface area contributed by atoms with Crippen molar-refractivity contribution < 1.29 is 14.3 Å². The summed E-state index contributed by atoms with van der Waals surface area (Å²) in [5.74, 6) is 5.96. The topological polar surface area (TPSA) is 46.6 Å². The second-order valence-electron chi connectivity index (χ2n) is 5.64. The average molecular weight is 352 g/mol. The van der Waals surface area contributed by atoms with Gasteiger partial charge in [0.1, 0.15) is 0 Å². The minimum Gasteiger partial charge on any atom is -0.465 e. The second-order valence-corrected chi connectivity index (χ2v) is 6.42. The van der Waals surface area contributed by atoms with Gasteiger partial charge in [-0.05, 0) is 30.9 Å². The zero-order valence-electron chi connectivity index (χ0n) is 12.6. The highest BCUT2D eigenvalue weighted by atomic mass is 35.5. The monoisotopic (exact) mass is 351 g/mol. The molecule has 4 nitrogen and oxygen atoms in total. The van der Waals surface area contributed by atoms with Crippen LogP contribution in [0.2, 0.25) is 10.0 Å². The third-order valence-corrected chi connectivity index (χ3v) is 4.73. The quantitative estimate of drug-likeness (QED) is 0.607. The number of halogens is 2. The summed E-state index contributed by atoms with van der Waals surface area (Å²) in [6.07, 6.45) is 2.88. The Kier molecular flexibility index (Phi) is 4.52. The van der Waals surface area contributed by atoms with Crippen molar-refractivity contribution in [3.05, 3.63) is 32.8 Å². The normalized spacial score (nSPS) is 16.5. The van der Waals surface area contributed by atoms with E-state index in [2.05, 4.69) is 11.8 Å². The Morgan fingerprint density at radius 3 is 2.83 bits per heavy atom. The lowest BCUT2D eigenvalue weighted by Crippen LogP contribution is -2.38. The molecule has 1 aromatic carbocycles. The van der Waals surface area contributed by atoms with Crippen molar-refractivity contribution in [1.82, 2.24) is 4.90 Å². The van der Waals surface area contributed by atoms with E-state index in [1.807, 2.05) is 0 Å². The van der Waals surface area contributed by atoms with Gasteiger partial charge < -0.3 is 9.64 Å². The van der Waals surface area contributed by atoms with Crippen molar-refractivity contribution in [3.8, 4) is 11.8 Å². The van der Waals surface area contributed by atoms with E-state index in [-0.39, 0.29) is 21.5 Å². The predicted octanol–water partition coefficient (Wildman–Crippen LogP) is 3.19. The second kappa shape index (κ2) is 6.43. The van der Waals surface area contributed by atoms with Crippen LogP contribution in [0.4, 0.5) is 0 Å². The molecule has 1 aromatic rings. The van der Waals surface area contributed by atoms with Crippen LogP contribution in [-0.2, 0) is 11.2 Å². The van der Waals surface area contributed by atoms with Gasteiger partial charge in [-0.15, -0.1) is 0 Å². The first-order valence-electron chi connectivity index (χ1n) is 7.39. The first kappa shape index (κ1) is 16.2. The highest BCUT2D eigenvalue weighted by Gasteiger charge is 2.30. The summed E-state index contributed by atoms with van der Waals surface area (Å²) in [5, 5.41) is 0.330. The Balaban J connectivity index is 1.89. The van der Waals surface area contributed by atoms with Gasteiger partial charge in [-0.25, -0.2) is 4.79 Å². The Morgan fingerprint density at radius 1 is 1.43 bits per heavy atom. The summed E-state index contributed by atoms with van der Waals surface area (Å²) in [6, 6.07) is 1.50. The number of esters is 1. The molecule has 0 atom stereocenters. The summed E-state index contributed by atoms with van der Waals surface area (Å²) in [6.45, 7) is 0.926. The van der Waals surface area contributed by atoms with E-state index in [1.54, 1.807) is 4.90 Å². The maximum absolute atomic E-state index is 12.6. The van der Waals surface area contributed by atoms with Crippen molar-refractivity contribution in [3.63, 3.8) is 0 Å². The Bertz CT molecular complexity index is 744. The molecule has 1 amide bonds. The molecular formula is C17H15Cl2NO3. The van der Waals surface area contributed by atoms with Crippen LogP contribution >= 0.6 is 23.2 Å². The molecule has 1 saturated carbocycles. The number of hydrogen-bond acceptors (Lipinski definition) is 3. The van der Waals surface area contributed by atoms with E-state index < -0.39 is 5.97 Å². The SMILES string of the molecule is COC(=O)c1c(Cl)cc2c(c1Cl)CCN(CC#CC1CC1)C2=O. The van der Waals surface area contributed by atoms with Crippen molar-refractivity contribution in [1.29, 1.82) is 0 Å². The minimum atomic E-state index is -0.604. The van der Waals surface area contributed by atoms with E-state index in [1.165, 1.54) is 13.2 Å². The summed E-state index contributed by atoms with van der Waals surface area (Å²) in [4.78, 5) is 26.1. The average Bonchev–Trinajstić information content (AvgIpc) is 3.34. The molecule has 0 saturated heterocycles.